The third-order valence-corrected chi connectivity index (χ3v) is 2.83. The van der Waals surface area contributed by atoms with Gasteiger partial charge in [0, 0.05) is 13.0 Å². The summed E-state index contributed by atoms with van der Waals surface area (Å²) in [7, 11) is 0. The van der Waals surface area contributed by atoms with E-state index in [9.17, 15) is 26.7 Å². The minimum atomic E-state index is -2.19. The van der Waals surface area contributed by atoms with E-state index in [1.807, 2.05) is 0 Å². The van der Waals surface area contributed by atoms with Crippen molar-refractivity contribution in [1.29, 1.82) is 0 Å². The largest absolute Gasteiger partial charge is 0.481 e. The number of carboxylic acids is 1. The Labute approximate surface area is 117 Å². The molecule has 0 aliphatic heterocycles. The van der Waals surface area contributed by atoms with Crippen LogP contribution in [0.5, 0.6) is 0 Å². The molecule has 1 aromatic rings. The summed E-state index contributed by atoms with van der Waals surface area (Å²) in [6, 6.07) is 0. The van der Waals surface area contributed by atoms with Crippen LogP contribution >= 0.6 is 0 Å². The Balaban J connectivity index is 2.48. The fraction of sp³-hybridized carbons (Fsp3) is 0.462. The highest BCUT2D eigenvalue weighted by atomic mass is 19.2. The first-order chi connectivity index (χ1) is 9.86. The average molecular weight is 311 g/mol. The van der Waals surface area contributed by atoms with Crippen LogP contribution in [0.25, 0.3) is 0 Å². The van der Waals surface area contributed by atoms with Crippen molar-refractivity contribution in [2.75, 3.05) is 11.9 Å². The zero-order valence-electron chi connectivity index (χ0n) is 11.0. The summed E-state index contributed by atoms with van der Waals surface area (Å²) in [6.07, 6.45) is 2.10. The van der Waals surface area contributed by atoms with Crippen LogP contribution in [-0.2, 0) is 4.79 Å². The monoisotopic (exact) mass is 311 g/mol. The number of aliphatic carboxylic acids is 1. The molecule has 0 fully saturated rings. The molecule has 2 N–H and O–H groups in total. The van der Waals surface area contributed by atoms with Crippen molar-refractivity contribution in [3.63, 3.8) is 0 Å². The predicted molar refractivity (Wildman–Crippen MR) is 65.4 cm³/mol. The lowest BCUT2D eigenvalue weighted by Gasteiger charge is -2.10. The molecule has 0 unspecified atom stereocenters. The van der Waals surface area contributed by atoms with Gasteiger partial charge in [0.1, 0.15) is 5.69 Å². The lowest BCUT2D eigenvalue weighted by Crippen LogP contribution is -2.11. The van der Waals surface area contributed by atoms with Crippen LogP contribution in [0.1, 0.15) is 32.1 Å². The average Bonchev–Trinajstić information content (AvgIpc) is 2.45. The fourth-order valence-electron chi connectivity index (χ4n) is 1.73. The molecular weight excluding hydrogens is 297 g/mol. The second-order valence-corrected chi connectivity index (χ2v) is 4.43. The van der Waals surface area contributed by atoms with Gasteiger partial charge in [0.25, 0.3) is 0 Å². The molecule has 8 heteroatoms. The number of unbranched alkanes of at least 4 members (excludes halogenated alkanes) is 3. The zero-order valence-corrected chi connectivity index (χ0v) is 11.0. The Morgan fingerprint density at radius 3 is 1.81 bits per heavy atom. The summed E-state index contributed by atoms with van der Waals surface area (Å²) >= 11 is 0. The number of anilines is 1. The van der Waals surface area contributed by atoms with Gasteiger partial charge in [0.15, 0.2) is 23.3 Å². The van der Waals surface area contributed by atoms with Gasteiger partial charge in [-0.05, 0) is 12.8 Å². The molecule has 0 spiro atoms. The van der Waals surface area contributed by atoms with E-state index in [2.05, 4.69) is 5.32 Å². The molecule has 0 aliphatic rings. The van der Waals surface area contributed by atoms with Crippen molar-refractivity contribution in [2.24, 2.45) is 0 Å². The van der Waals surface area contributed by atoms with Gasteiger partial charge in [-0.25, -0.2) is 22.0 Å². The summed E-state index contributed by atoms with van der Waals surface area (Å²) in [5.41, 5.74) is -1.04. The van der Waals surface area contributed by atoms with Gasteiger partial charge in [-0.2, -0.15) is 0 Å². The van der Waals surface area contributed by atoms with Crippen molar-refractivity contribution in [3.8, 4) is 0 Å². The van der Waals surface area contributed by atoms with Crippen LogP contribution < -0.4 is 5.32 Å². The second kappa shape index (κ2) is 7.80. The van der Waals surface area contributed by atoms with Gasteiger partial charge in [-0.1, -0.05) is 12.8 Å². The standard InChI is InChI=1S/C13H14F5NO2/c14-8-9(15)11(17)13(12(18)10(8)16)19-6-4-2-1-3-5-7(20)21/h19H,1-6H2,(H,20,21). The topological polar surface area (TPSA) is 49.3 Å². The minimum Gasteiger partial charge on any atom is -0.481 e. The number of halogens is 5. The van der Waals surface area contributed by atoms with E-state index in [4.69, 9.17) is 5.11 Å². The molecule has 118 valence electrons. The molecule has 0 saturated heterocycles. The SMILES string of the molecule is O=C(O)CCCCCCNc1c(F)c(F)c(F)c(F)c1F. The number of carboxylic acid groups (broad SMARTS) is 1. The molecule has 0 bridgehead atoms. The van der Waals surface area contributed by atoms with E-state index in [-0.39, 0.29) is 13.0 Å². The summed E-state index contributed by atoms with van der Waals surface area (Å²) in [6.45, 7) is 0.0193. The number of carbonyl (C=O) groups is 1. The normalized spacial score (nSPS) is 10.7. The molecule has 0 saturated carbocycles. The Morgan fingerprint density at radius 1 is 0.810 bits per heavy atom. The van der Waals surface area contributed by atoms with Gasteiger partial charge in [0.05, 0.1) is 0 Å². The predicted octanol–water partition coefficient (Wildman–Crippen LogP) is 3.83. The quantitative estimate of drug-likeness (QED) is 0.332. The minimum absolute atomic E-state index is 0.0193. The van der Waals surface area contributed by atoms with Gasteiger partial charge in [-0.3, -0.25) is 4.79 Å². The van der Waals surface area contributed by atoms with E-state index < -0.39 is 40.7 Å². The number of hydrogen-bond donors (Lipinski definition) is 2. The maximum absolute atomic E-state index is 13.3. The van der Waals surface area contributed by atoms with E-state index >= 15 is 0 Å². The van der Waals surface area contributed by atoms with E-state index in [1.54, 1.807) is 0 Å². The summed E-state index contributed by atoms with van der Waals surface area (Å²) in [5, 5.41) is 10.6. The Bertz CT molecular complexity index is 493. The Hall–Kier alpha value is -1.86. The van der Waals surface area contributed by atoms with Gasteiger partial charge in [-0.15, -0.1) is 0 Å². The number of hydrogen-bond acceptors (Lipinski definition) is 2. The number of nitrogens with one attached hydrogen (secondary N) is 1. The van der Waals surface area contributed by atoms with Crippen molar-refractivity contribution in [3.05, 3.63) is 29.1 Å². The third kappa shape index (κ3) is 4.57. The molecule has 0 aliphatic carbocycles. The van der Waals surface area contributed by atoms with E-state index in [1.165, 1.54) is 0 Å². The van der Waals surface area contributed by atoms with Crippen molar-refractivity contribution in [1.82, 2.24) is 0 Å². The Morgan fingerprint density at radius 2 is 1.29 bits per heavy atom. The number of benzene rings is 1. The van der Waals surface area contributed by atoms with Crippen LogP contribution in [0.15, 0.2) is 0 Å². The third-order valence-electron chi connectivity index (χ3n) is 2.83. The number of rotatable bonds is 8. The van der Waals surface area contributed by atoms with Crippen LogP contribution in [0.4, 0.5) is 27.6 Å². The highest BCUT2D eigenvalue weighted by molar-refractivity contribution is 5.66. The smallest absolute Gasteiger partial charge is 0.303 e. The van der Waals surface area contributed by atoms with Crippen molar-refractivity contribution >= 4 is 11.7 Å². The molecule has 0 atom stereocenters. The molecule has 0 amide bonds. The van der Waals surface area contributed by atoms with E-state index in [0.717, 1.165) is 0 Å². The first-order valence-corrected chi connectivity index (χ1v) is 6.33. The highest BCUT2D eigenvalue weighted by Crippen LogP contribution is 2.27. The zero-order chi connectivity index (χ0) is 16.0. The first-order valence-electron chi connectivity index (χ1n) is 6.33. The fourth-order valence-corrected chi connectivity index (χ4v) is 1.73. The molecule has 1 rings (SSSR count). The second-order valence-electron chi connectivity index (χ2n) is 4.43. The maximum atomic E-state index is 13.3. The molecular formula is C13H14F5NO2. The van der Waals surface area contributed by atoms with E-state index in [0.29, 0.717) is 25.7 Å². The molecule has 0 radical (unpaired) electrons. The maximum Gasteiger partial charge on any atom is 0.303 e. The Kier molecular flexibility index (Phi) is 6.39. The van der Waals surface area contributed by atoms with Crippen LogP contribution in [0.2, 0.25) is 0 Å². The van der Waals surface area contributed by atoms with Gasteiger partial charge in [0.2, 0.25) is 5.82 Å². The summed E-state index contributed by atoms with van der Waals surface area (Å²) < 4.78 is 65.1. The summed E-state index contributed by atoms with van der Waals surface area (Å²) in [4.78, 5) is 10.2. The van der Waals surface area contributed by atoms with Crippen molar-refractivity contribution < 1.29 is 31.9 Å². The van der Waals surface area contributed by atoms with Gasteiger partial charge < -0.3 is 10.4 Å². The first kappa shape index (κ1) is 17.2. The molecule has 0 heterocycles. The van der Waals surface area contributed by atoms with Crippen LogP contribution in [-0.4, -0.2) is 17.6 Å². The van der Waals surface area contributed by atoms with Crippen LogP contribution in [0, 0.1) is 29.1 Å². The molecule has 1 aromatic carbocycles. The lowest BCUT2D eigenvalue weighted by molar-refractivity contribution is -0.137. The molecule has 0 aromatic heterocycles. The molecule has 21 heavy (non-hydrogen) atoms. The van der Waals surface area contributed by atoms with Crippen LogP contribution in [0.3, 0.4) is 0 Å². The summed E-state index contributed by atoms with van der Waals surface area (Å²) in [5.74, 6) is -10.9. The molecule has 3 nitrogen and oxygen atoms in total. The highest BCUT2D eigenvalue weighted by Gasteiger charge is 2.25. The van der Waals surface area contributed by atoms with Gasteiger partial charge >= 0.3 is 5.97 Å². The van der Waals surface area contributed by atoms with Crippen molar-refractivity contribution in [2.45, 2.75) is 32.1 Å². The lowest BCUT2D eigenvalue weighted by atomic mass is 10.1.